The van der Waals surface area contributed by atoms with Crippen LogP contribution in [0.2, 0.25) is 0 Å². The third-order valence-corrected chi connectivity index (χ3v) is 3.06. The summed E-state index contributed by atoms with van der Waals surface area (Å²) in [6.07, 6.45) is 6.81. The maximum atomic E-state index is 11.1. The lowest BCUT2D eigenvalue weighted by Gasteiger charge is -2.12. The van der Waals surface area contributed by atoms with Crippen LogP contribution in [-0.2, 0) is 4.79 Å². The van der Waals surface area contributed by atoms with E-state index in [0.717, 1.165) is 18.5 Å². The topological polar surface area (TPSA) is 55.1 Å². The lowest BCUT2D eigenvalue weighted by molar-refractivity contribution is -0.141. The molecule has 1 unspecified atom stereocenters. The number of aromatic nitrogens is 2. The Labute approximate surface area is 95.3 Å². The van der Waals surface area contributed by atoms with E-state index >= 15 is 0 Å². The first-order valence-electron chi connectivity index (χ1n) is 6.00. The molecule has 0 bridgehead atoms. The van der Waals surface area contributed by atoms with Gasteiger partial charge in [-0.2, -0.15) is 5.10 Å². The number of nitrogens with zero attached hydrogens (tertiary/aromatic N) is 2. The van der Waals surface area contributed by atoms with Crippen LogP contribution in [0.3, 0.4) is 0 Å². The number of carboxylic acids is 1. The van der Waals surface area contributed by atoms with Crippen molar-refractivity contribution in [2.45, 2.75) is 51.0 Å². The Morgan fingerprint density at radius 1 is 1.69 bits per heavy atom. The Morgan fingerprint density at radius 2 is 2.44 bits per heavy atom. The van der Waals surface area contributed by atoms with Crippen LogP contribution in [0.25, 0.3) is 0 Å². The van der Waals surface area contributed by atoms with E-state index in [9.17, 15) is 4.79 Å². The van der Waals surface area contributed by atoms with Gasteiger partial charge in [-0.15, -0.1) is 0 Å². The molecule has 1 atom stereocenters. The molecule has 2 rings (SSSR count). The van der Waals surface area contributed by atoms with Crippen molar-refractivity contribution in [2.24, 2.45) is 0 Å². The number of hydrogen-bond donors (Lipinski definition) is 1. The van der Waals surface area contributed by atoms with Gasteiger partial charge in [-0.3, -0.25) is 4.68 Å². The van der Waals surface area contributed by atoms with E-state index in [-0.39, 0.29) is 0 Å². The van der Waals surface area contributed by atoms with Crippen molar-refractivity contribution in [1.29, 1.82) is 0 Å². The summed E-state index contributed by atoms with van der Waals surface area (Å²) in [5.74, 6) is -0.194. The molecule has 1 aliphatic carbocycles. The summed E-state index contributed by atoms with van der Waals surface area (Å²) in [7, 11) is 0. The molecule has 0 amide bonds. The van der Waals surface area contributed by atoms with Gasteiger partial charge >= 0.3 is 5.97 Å². The van der Waals surface area contributed by atoms with Crippen molar-refractivity contribution in [3.05, 3.63) is 18.0 Å². The summed E-state index contributed by atoms with van der Waals surface area (Å²) in [4.78, 5) is 11.1. The summed E-state index contributed by atoms with van der Waals surface area (Å²) in [5.41, 5.74) is 1.06. The molecule has 1 aliphatic rings. The number of carbonyl (C=O) groups is 1. The van der Waals surface area contributed by atoms with E-state index < -0.39 is 12.0 Å². The predicted octanol–water partition coefficient (Wildman–Crippen LogP) is 2.58. The highest BCUT2D eigenvalue weighted by atomic mass is 16.4. The average Bonchev–Trinajstić information content (AvgIpc) is 2.99. The van der Waals surface area contributed by atoms with Crippen LogP contribution >= 0.6 is 0 Å². The van der Waals surface area contributed by atoms with Crippen molar-refractivity contribution in [2.75, 3.05) is 0 Å². The minimum Gasteiger partial charge on any atom is -0.480 e. The van der Waals surface area contributed by atoms with Gasteiger partial charge in [-0.1, -0.05) is 19.8 Å². The molecular formula is C12H18N2O2. The first kappa shape index (κ1) is 11.2. The minimum atomic E-state index is -0.779. The molecule has 88 valence electrons. The maximum absolute atomic E-state index is 11.1. The molecule has 1 heterocycles. The fraction of sp³-hybridized carbons (Fsp3) is 0.667. The standard InChI is InChI=1S/C12H18N2O2/c1-2-3-4-11(12(15)16)14-8-7-10(13-14)9-5-6-9/h7-9,11H,2-6H2,1H3,(H,15,16). The van der Waals surface area contributed by atoms with E-state index in [4.69, 9.17) is 5.11 Å². The molecule has 1 saturated carbocycles. The molecular weight excluding hydrogens is 204 g/mol. The largest absolute Gasteiger partial charge is 0.480 e. The van der Waals surface area contributed by atoms with Gasteiger partial charge in [0, 0.05) is 12.1 Å². The third kappa shape index (κ3) is 2.43. The van der Waals surface area contributed by atoms with Gasteiger partial charge in [0.05, 0.1) is 5.69 Å². The van der Waals surface area contributed by atoms with Crippen LogP contribution in [0.1, 0.15) is 56.7 Å². The molecule has 1 N–H and O–H groups in total. The van der Waals surface area contributed by atoms with Crippen molar-refractivity contribution >= 4 is 5.97 Å². The zero-order valence-corrected chi connectivity index (χ0v) is 9.59. The van der Waals surface area contributed by atoms with E-state index in [1.54, 1.807) is 4.68 Å². The summed E-state index contributed by atoms with van der Waals surface area (Å²) < 4.78 is 1.62. The number of aliphatic carboxylic acids is 1. The quantitative estimate of drug-likeness (QED) is 0.804. The molecule has 1 aromatic heterocycles. The molecule has 16 heavy (non-hydrogen) atoms. The predicted molar refractivity (Wildman–Crippen MR) is 60.4 cm³/mol. The highest BCUT2D eigenvalue weighted by Gasteiger charge is 2.27. The van der Waals surface area contributed by atoms with Crippen LogP contribution in [-0.4, -0.2) is 20.9 Å². The smallest absolute Gasteiger partial charge is 0.328 e. The van der Waals surface area contributed by atoms with Gasteiger partial charge in [0.25, 0.3) is 0 Å². The number of rotatable bonds is 6. The minimum absolute atomic E-state index is 0.493. The molecule has 0 spiro atoms. The Morgan fingerprint density at radius 3 is 3.00 bits per heavy atom. The number of unbranched alkanes of at least 4 members (excludes halogenated alkanes) is 1. The number of hydrogen-bond acceptors (Lipinski definition) is 2. The maximum Gasteiger partial charge on any atom is 0.328 e. The lowest BCUT2D eigenvalue weighted by atomic mass is 10.1. The van der Waals surface area contributed by atoms with Crippen LogP contribution in [0, 0.1) is 0 Å². The Bertz CT molecular complexity index is 369. The van der Waals surface area contributed by atoms with Crippen LogP contribution in [0.15, 0.2) is 12.3 Å². The fourth-order valence-electron chi connectivity index (χ4n) is 1.89. The van der Waals surface area contributed by atoms with Gasteiger partial charge in [-0.05, 0) is 25.3 Å². The molecule has 0 aliphatic heterocycles. The van der Waals surface area contributed by atoms with Crippen LogP contribution < -0.4 is 0 Å². The van der Waals surface area contributed by atoms with E-state index in [2.05, 4.69) is 12.0 Å². The van der Waals surface area contributed by atoms with E-state index in [1.165, 1.54) is 12.8 Å². The van der Waals surface area contributed by atoms with E-state index in [0.29, 0.717) is 12.3 Å². The molecule has 0 aromatic carbocycles. The Balaban J connectivity index is 2.07. The first-order valence-corrected chi connectivity index (χ1v) is 6.00. The Hall–Kier alpha value is -1.32. The molecule has 4 heteroatoms. The second kappa shape index (κ2) is 4.68. The average molecular weight is 222 g/mol. The van der Waals surface area contributed by atoms with Gasteiger partial charge in [0.1, 0.15) is 6.04 Å². The zero-order valence-electron chi connectivity index (χ0n) is 9.59. The van der Waals surface area contributed by atoms with Crippen molar-refractivity contribution in [3.8, 4) is 0 Å². The summed E-state index contributed by atoms with van der Waals surface area (Å²) in [5, 5.41) is 13.5. The molecule has 1 fully saturated rings. The van der Waals surface area contributed by atoms with Crippen molar-refractivity contribution in [1.82, 2.24) is 9.78 Å². The normalized spacial score (nSPS) is 17.3. The highest BCUT2D eigenvalue weighted by molar-refractivity contribution is 5.71. The van der Waals surface area contributed by atoms with Gasteiger partial charge in [-0.25, -0.2) is 4.79 Å². The molecule has 4 nitrogen and oxygen atoms in total. The second-order valence-corrected chi connectivity index (χ2v) is 4.49. The third-order valence-electron chi connectivity index (χ3n) is 3.06. The summed E-state index contributed by atoms with van der Waals surface area (Å²) in [6.45, 7) is 2.07. The highest BCUT2D eigenvalue weighted by Crippen LogP contribution is 2.39. The fourth-order valence-corrected chi connectivity index (χ4v) is 1.89. The molecule has 0 radical (unpaired) electrons. The zero-order chi connectivity index (χ0) is 11.5. The Kier molecular flexibility index (Phi) is 3.27. The van der Waals surface area contributed by atoms with Crippen molar-refractivity contribution in [3.63, 3.8) is 0 Å². The van der Waals surface area contributed by atoms with Gasteiger partial charge in [0.2, 0.25) is 0 Å². The number of carboxylic acid groups (broad SMARTS) is 1. The van der Waals surface area contributed by atoms with Gasteiger partial charge in [0.15, 0.2) is 0 Å². The SMILES string of the molecule is CCCCC(C(=O)O)n1ccc(C2CC2)n1. The van der Waals surface area contributed by atoms with Crippen LogP contribution in [0.4, 0.5) is 0 Å². The molecule has 1 aromatic rings. The molecule has 0 saturated heterocycles. The second-order valence-electron chi connectivity index (χ2n) is 4.49. The lowest BCUT2D eigenvalue weighted by Crippen LogP contribution is -2.19. The summed E-state index contributed by atoms with van der Waals surface area (Å²) >= 11 is 0. The van der Waals surface area contributed by atoms with Crippen LogP contribution in [0.5, 0.6) is 0 Å². The van der Waals surface area contributed by atoms with Crippen molar-refractivity contribution < 1.29 is 9.90 Å². The van der Waals surface area contributed by atoms with Gasteiger partial charge < -0.3 is 5.11 Å². The monoisotopic (exact) mass is 222 g/mol. The summed E-state index contributed by atoms with van der Waals surface area (Å²) in [6, 6.07) is 1.46. The van der Waals surface area contributed by atoms with E-state index in [1.807, 2.05) is 12.3 Å². The first-order chi connectivity index (χ1) is 7.72.